The van der Waals surface area contributed by atoms with E-state index in [9.17, 15) is 0 Å². The quantitative estimate of drug-likeness (QED) is 0.196. The fourth-order valence-electron chi connectivity index (χ4n) is 6.27. The van der Waals surface area contributed by atoms with Gasteiger partial charge in [0.15, 0.2) is 0 Å². The lowest BCUT2D eigenvalue weighted by Crippen LogP contribution is -2.10. The van der Waals surface area contributed by atoms with Gasteiger partial charge in [0.2, 0.25) is 5.71 Å². The molecule has 0 aliphatic rings. The molecule has 0 fully saturated rings. The van der Waals surface area contributed by atoms with Gasteiger partial charge >= 0.3 is 0 Å². The molecule has 0 radical (unpaired) electrons. The number of rotatable bonds is 6. The number of benzene rings is 4. The Kier molecular flexibility index (Phi) is 6.06. The van der Waals surface area contributed by atoms with E-state index < -0.39 is 6.85 Å². The smallest absolute Gasteiger partial charge is 0.227 e. The maximum absolute atomic E-state index is 7.70. The van der Waals surface area contributed by atoms with Gasteiger partial charge in [0, 0.05) is 20.4 Å². The Morgan fingerprint density at radius 1 is 0.705 bits per heavy atom. The number of furan rings is 1. The summed E-state index contributed by atoms with van der Waals surface area (Å²) in [7, 11) is 0. The van der Waals surface area contributed by atoms with Crippen LogP contribution >= 0.6 is 0 Å². The van der Waals surface area contributed by atoms with Crippen molar-refractivity contribution >= 4 is 33.1 Å². The molecule has 0 aliphatic heterocycles. The van der Waals surface area contributed by atoms with Crippen LogP contribution < -0.4 is 0 Å². The minimum absolute atomic E-state index is 0.300. The highest BCUT2D eigenvalue weighted by atomic mass is 16.3. The first-order valence-electron chi connectivity index (χ1n) is 17.0. The predicted octanol–water partition coefficient (Wildman–Crippen LogP) is 11.3. The summed E-state index contributed by atoms with van der Waals surface area (Å²) in [5, 5.41) is 1.88. The molecule has 0 atom stereocenters. The van der Waals surface area contributed by atoms with Crippen molar-refractivity contribution < 1.29 is 8.53 Å². The number of hydrogen-bond donors (Lipinski definition) is 0. The number of para-hydroxylation sites is 3. The number of aromatic nitrogens is 3. The minimum atomic E-state index is -2.15. The number of pyridine rings is 1. The van der Waals surface area contributed by atoms with Gasteiger partial charge in [0.1, 0.15) is 11.4 Å². The Morgan fingerprint density at radius 2 is 1.43 bits per heavy atom. The Bertz CT molecular complexity index is 2240. The van der Waals surface area contributed by atoms with Gasteiger partial charge < -0.3 is 4.42 Å². The largest absolute Gasteiger partial charge is 0.437 e. The van der Waals surface area contributed by atoms with Gasteiger partial charge in [-0.1, -0.05) is 108 Å². The molecule has 0 saturated carbocycles. The molecule has 3 aromatic heterocycles. The van der Waals surface area contributed by atoms with E-state index in [2.05, 4.69) is 94.6 Å². The fraction of sp³-hybridized carbons (Fsp3) is 0.250. The summed E-state index contributed by atoms with van der Waals surface area (Å²) in [6.45, 7) is 11.4. The summed E-state index contributed by atoms with van der Waals surface area (Å²) in [5.74, 6) is 1.85. The lowest BCUT2D eigenvalue weighted by Gasteiger charge is -2.25. The van der Waals surface area contributed by atoms with E-state index in [1.54, 1.807) is 24.3 Å². The molecule has 4 aromatic carbocycles. The van der Waals surface area contributed by atoms with E-state index in [1.807, 2.05) is 18.2 Å². The molecule has 4 nitrogen and oxygen atoms in total. The third-order valence-electron chi connectivity index (χ3n) is 8.67. The Morgan fingerprint density at radius 3 is 2.11 bits per heavy atom. The second-order valence-corrected chi connectivity index (χ2v) is 12.7. The molecule has 44 heavy (non-hydrogen) atoms. The molecule has 0 N–H and O–H groups in total. The van der Waals surface area contributed by atoms with Crippen LogP contribution in [0.3, 0.4) is 0 Å². The normalized spacial score (nSPS) is 13.4. The van der Waals surface area contributed by atoms with E-state index in [0.29, 0.717) is 29.0 Å². The summed E-state index contributed by atoms with van der Waals surface area (Å²) in [5.41, 5.74) is 11.1. The van der Waals surface area contributed by atoms with E-state index in [4.69, 9.17) is 18.5 Å². The summed E-state index contributed by atoms with van der Waals surface area (Å²) < 4.78 is 32.1. The van der Waals surface area contributed by atoms with Crippen molar-refractivity contribution in [1.29, 1.82) is 0 Å². The Labute approximate surface area is 263 Å². The van der Waals surface area contributed by atoms with Crippen molar-refractivity contribution in [3.8, 4) is 28.3 Å². The van der Waals surface area contributed by atoms with Gasteiger partial charge in [-0.15, -0.1) is 0 Å². The fourth-order valence-corrected chi connectivity index (χ4v) is 6.27. The summed E-state index contributed by atoms with van der Waals surface area (Å²) in [6.07, 6.45) is 0. The SMILES string of the molecule is [2H]C([2H])([2H])c1ccc(-c2ccc3c(n2)oc2c(-c4nc5ccccc5n4-c4c(C(C)C)cc(C(C)C)cc4C(C)C)cccc23)cc1. The number of hydrogen-bond acceptors (Lipinski definition) is 3. The van der Waals surface area contributed by atoms with Gasteiger partial charge in [-0.05, 0) is 71.6 Å². The average molecular weight is 581 g/mol. The van der Waals surface area contributed by atoms with E-state index in [0.717, 1.165) is 50.0 Å². The monoisotopic (exact) mass is 580 g/mol. The number of fused-ring (bicyclic) bond motifs is 4. The van der Waals surface area contributed by atoms with Crippen LogP contribution in [0.1, 0.15) is 85.7 Å². The average Bonchev–Trinajstić information content (AvgIpc) is 3.61. The van der Waals surface area contributed by atoms with Crippen LogP contribution in [0.15, 0.2) is 95.4 Å². The van der Waals surface area contributed by atoms with Crippen LogP contribution in [-0.2, 0) is 0 Å². The molecule has 4 heteroatoms. The molecule has 3 heterocycles. The maximum Gasteiger partial charge on any atom is 0.227 e. The first-order chi connectivity index (χ1) is 22.4. The van der Waals surface area contributed by atoms with Crippen molar-refractivity contribution in [2.45, 2.75) is 66.1 Å². The molecule has 0 amide bonds. The third-order valence-corrected chi connectivity index (χ3v) is 8.67. The second kappa shape index (κ2) is 10.8. The molecular weight excluding hydrogens is 538 g/mol. The Balaban J connectivity index is 1.47. The van der Waals surface area contributed by atoms with Crippen LogP contribution in [0.2, 0.25) is 0 Å². The number of aryl methyl sites for hydroxylation is 1. The van der Waals surface area contributed by atoms with Gasteiger partial charge in [0.05, 0.1) is 28.0 Å². The minimum Gasteiger partial charge on any atom is -0.437 e. The van der Waals surface area contributed by atoms with E-state index in [1.165, 1.54) is 22.4 Å². The van der Waals surface area contributed by atoms with E-state index in [-0.39, 0.29) is 0 Å². The van der Waals surface area contributed by atoms with Crippen molar-refractivity contribution in [2.24, 2.45) is 0 Å². The first-order valence-corrected chi connectivity index (χ1v) is 15.5. The number of imidazole rings is 1. The second-order valence-electron chi connectivity index (χ2n) is 12.7. The standard InChI is InChI=1S/C40H39N3O/c1-23(2)28-21-32(24(3)4)37(33(22-28)25(5)6)43-36-14-9-8-13-35(36)41-39(43)31-12-10-11-29-30-19-20-34(42-40(30)44-38(29)31)27-17-15-26(7)16-18-27/h8-25H,1-7H3/i7D3. The van der Waals surface area contributed by atoms with Crippen molar-refractivity contribution in [1.82, 2.24) is 14.5 Å². The van der Waals surface area contributed by atoms with Crippen LogP contribution in [0.5, 0.6) is 0 Å². The molecule has 0 saturated heterocycles. The van der Waals surface area contributed by atoms with E-state index >= 15 is 0 Å². The molecule has 0 unspecified atom stereocenters. The summed E-state index contributed by atoms with van der Waals surface area (Å²) in [6, 6.07) is 30.2. The van der Waals surface area contributed by atoms with Crippen LogP contribution in [0.25, 0.3) is 61.4 Å². The summed E-state index contributed by atoms with van der Waals surface area (Å²) in [4.78, 5) is 10.2. The third kappa shape index (κ3) is 4.61. The Hall–Kier alpha value is -4.70. The zero-order chi connectivity index (χ0) is 33.2. The van der Waals surface area contributed by atoms with Crippen molar-refractivity contribution in [2.75, 3.05) is 0 Å². The highest BCUT2D eigenvalue weighted by Crippen LogP contribution is 2.42. The molecule has 0 bridgehead atoms. The van der Waals surface area contributed by atoms with Crippen molar-refractivity contribution in [3.05, 3.63) is 113 Å². The molecule has 220 valence electrons. The van der Waals surface area contributed by atoms with Gasteiger partial charge in [-0.2, -0.15) is 0 Å². The highest BCUT2D eigenvalue weighted by molar-refractivity contribution is 6.09. The maximum atomic E-state index is 7.70. The van der Waals surface area contributed by atoms with Crippen LogP contribution in [0.4, 0.5) is 0 Å². The lowest BCUT2D eigenvalue weighted by molar-refractivity contribution is 0.655. The zero-order valence-corrected chi connectivity index (χ0v) is 26.1. The zero-order valence-electron chi connectivity index (χ0n) is 29.1. The molecular formula is C40H39N3O. The van der Waals surface area contributed by atoms with Crippen molar-refractivity contribution in [3.63, 3.8) is 0 Å². The van der Waals surface area contributed by atoms with Gasteiger partial charge in [-0.3, -0.25) is 4.57 Å². The predicted molar refractivity (Wildman–Crippen MR) is 184 cm³/mol. The van der Waals surface area contributed by atoms with Crippen LogP contribution in [-0.4, -0.2) is 14.5 Å². The first kappa shape index (κ1) is 24.7. The number of nitrogens with zero attached hydrogens (tertiary/aromatic N) is 3. The van der Waals surface area contributed by atoms with Gasteiger partial charge in [-0.25, -0.2) is 9.97 Å². The molecule has 0 spiro atoms. The topological polar surface area (TPSA) is 43.9 Å². The van der Waals surface area contributed by atoms with Crippen LogP contribution in [0, 0.1) is 6.85 Å². The molecule has 0 aliphatic carbocycles. The highest BCUT2D eigenvalue weighted by Gasteiger charge is 2.25. The van der Waals surface area contributed by atoms with Gasteiger partial charge in [0.25, 0.3) is 0 Å². The molecule has 7 aromatic rings. The summed E-state index contributed by atoms with van der Waals surface area (Å²) >= 11 is 0. The molecule has 7 rings (SSSR count). The lowest BCUT2D eigenvalue weighted by atomic mass is 9.87.